The maximum Gasteiger partial charge on any atom is 0.273 e. The van der Waals surface area contributed by atoms with Crippen molar-refractivity contribution in [1.29, 1.82) is 0 Å². The highest BCUT2D eigenvalue weighted by Crippen LogP contribution is 2.34. The summed E-state index contributed by atoms with van der Waals surface area (Å²) in [6.07, 6.45) is 0.0181. The third-order valence-electron chi connectivity index (χ3n) is 3.33. The van der Waals surface area contributed by atoms with Gasteiger partial charge in [0.25, 0.3) is 5.91 Å². The normalized spacial score (nSPS) is 11.3. The van der Waals surface area contributed by atoms with Gasteiger partial charge >= 0.3 is 0 Å². The maximum absolute atomic E-state index is 12.2. The Morgan fingerprint density at radius 3 is 2.71 bits per heavy atom. The molecule has 0 spiro atoms. The molecule has 7 heteroatoms. The SMILES string of the molecule is CC(C)Oc1ccc2c(O)c(C(=O)NCCN(C)C)nc(Cl)c2c1. The summed E-state index contributed by atoms with van der Waals surface area (Å²) in [5.74, 6) is -0.0164. The van der Waals surface area contributed by atoms with Gasteiger partial charge in [-0.25, -0.2) is 4.98 Å². The van der Waals surface area contributed by atoms with Gasteiger partial charge in [-0.3, -0.25) is 4.79 Å². The maximum atomic E-state index is 12.2. The first-order chi connectivity index (χ1) is 11.3. The number of amides is 1. The van der Waals surface area contributed by atoms with Crippen LogP contribution >= 0.6 is 11.6 Å². The van der Waals surface area contributed by atoms with Crippen LogP contribution in [0.2, 0.25) is 5.15 Å². The molecule has 2 rings (SSSR count). The van der Waals surface area contributed by atoms with Gasteiger partial charge in [0, 0.05) is 23.9 Å². The number of pyridine rings is 1. The van der Waals surface area contributed by atoms with Crippen LogP contribution in [-0.4, -0.2) is 54.2 Å². The first kappa shape index (κ1) is 18.3. The zero-order chi connectivity index (χ0) is 17.9. The summed E-state index contributed by atoms with van der Waals surface area (Å²) in [6.45, 7) is 4.97. The summed E-state index contributed by atoms with van der Waals surface area (Å²) in [7, 11) is 3.82. The molecule has 2 aromatic rings. The Hall–Kier alpha value is -2.05. The highest BCUT2D eigenvalue weighted by atomic mass is 35.5. The fourth-order valence-electron chi connectivity index (χ4n) is 2.22. The van der Waals surface area contributed by atoms with E-state index in [1.165, 1.54) is 0 Å². The number of hydrogen-bond donors (Lipinski definition) is 2. The van der Waals surface area contributed by atoms with Crippen molar-refractivity contribution in [3.63, 3.8) is 0 Å². The second kappa shape index (κ2) is 7.68. The zero-order valence-corrected chi connectivity index (χ0v) is 15.0. The van der Waals surface area contributed by atoms with Gasteiger partial charge in [-0.15, -0.1) is 0 Å². The van der Waals surface area contributed by atoms with Crippen molar-refractivity contribution in [1.82, 2.24) is 15.2 Å². The third-order valence-corrected chi connectivity index (χ3v) is 3.62. The summed E-state index contributed by atoms with van der Waals surface area (Å²) in [5.41, 5.74) is -0.0798. The lowest BCUT2D eigenvalue weighted by atomic mass is 10.1. The molecule has 0 aliphatic carbocycles. The molecule has 0 aliphatic rings. The molecule has 2 N–H and O–H groups in total. The number of fused-ring (bicyclic) bond motifs is 1. The molecule has 0 radical (unpaired) electrons. The van der Waals surface area contributed by atoms with E-state index in [-0.39, 0.29) is 22.7 Å². The van der Waals surface area contributed by atoms with Crippen molar-refractivity contribution in [2.45, 2.75) is 20.0 Å². The van der Waals surface area contributed by atoms with E-state index in [1.54, 1.807) is 18.2 Å². The molecule has 1 aromatic heterocycles. The van der Waals surface area contributed by atoms with Crippen molar-refractivity contribution in [3.8, 4) is 11.5 Å². The first-order valence-corrected chi connectivity index (χ1v) is 8.09. The van der Waals surface area contributed by atoms with Crippen LogP contribution in [0, 0.1) is 0 Å². The van der Waals surface area contributed by atoms with Crippen LogP contribution in [0.25, 0.3) is 10.8 Å². The van der Waals surface area contributed by atoms with Gasteiger partial charge in [-0.2, -0.15) is 0 Å². The van der Waals surface area contributed by atoms with E-state index in [1.807, 2.05) is 32.8 Å². The van der Waals surface area contributed by atoms with Crippen LogP contribution in [0.4, 0.5) is 0 Å². The molecule has 0 bridgehead atoms. The van der Waals surface area contributed by atoms with Gasteiger partial charge in [0.05, 0.1) is 6.10 Å². The van der Waals surface area contributed by atoms with Crippen LogP contribution in [0.1, 0.15) is 24.3 Å². The van der Waals surface area contributed by atoms with Crippen molar-refractivity contribution in [3.05, 3.63) is 29.0 Å². The summed E-state index contributed by atoms with van der Waals surface area (Å²) in [5, 5.41) is 14.3. The van der Waals surface area contributed by atoms with Gasteiger partial charge < -0.3 is 20.1 Å². The number of halogens is 1. The van der Waals surface area contributed by atoms with Crippen molar-refractivity contribution in [2.24, 2.45) is 0 Å². The molecule has 0 saturated carbocycles. The molecule has 130 valence electrons. The average Bonchev–Trinajstić information content (AvgIpc) is 2.49. The minimum atomic E-state index is -0.458. The van der Waals surface area contributed by atoms with E-state index in [9.17, 15) is 9.90 Å². The van der Waals surface area contributed by atoms with Gasteiger partial charge in [0.15, 0.2) is 11.4 Å². The standard InChI is InChI=1S/C17H22ClN3O3/c1-10(2)24-11-5-6-12-13(9-11)16(18)20-14(15(12)22)17(23)19-7-8-21(3)4/h5-6,9-10,22H,7-8H2,1-4H3,(H,19,23). The van der Waals surface area contributed by atoms with Gasteiger partial charge in [0.2, 0.25) is 0 Å². The highest BCUT2D eigenvalue weighted by molar-refractivity contribution is 6.35. The first-order valence-electron chi connectivity index (χ1n) is 7.71. The zero-order valence-electron chi connectivity index (χ0n) is 14.3. The topological polar surface area (TPSA) is 74.7 Å². The predicted molar refractivity (Wildman–Crippen MR) is 95.1 cm³/mol. The second-order valence-corrected chi connectivity index (χ2v) is 6.39. The fourth-order valence-corrected chi connectivity index (χ4v) is 2.46. The largest absolute Gasteiger partial charge is 0.505 e. The minimum absolute atomic E-state index is 0.0181. The summed E-state index contributed by atoms with van der Waals surface area (Å²) >= 11 is 6.21. The molecule has 0 aliphatic heterocycles. The molecule has 1 aromatic carbocycles. The molecule has 1 amide bonds. The van der Waals surface area contributed by atoms with Crippen LogP contribution < -0.4 is 10.1 Å². The Kier molecular flexibility index (Phi) is 5.85. The van der Waals surface area contributed by atoms with Crippen molar-refractivity contribution in [2.75, 3.05) is 27.2 Å². The highest BCUT2D eigenvalue weighted by Gasteiger charge is 2.19. The Labute approximate surface area is 146 Å². The number of aromatic nitrogens is 1. The monoisotopic (exact) mass is 351 g/mol. The lowest BCUT2D eigenvalue weighted by Gasteiger charge is -2.13. The van der Waals surface area contributed by atoms with Gasteiger partial charge in [0.1, 0.15) is 10.9 Å². The summed E-state index contributed by atoms with van der Waals surface area (Å²) in [6, 6.07) is 5.11. The molecule has 0 atom stereocenters. The quantitative estimate of drug-likeness (QED) is 0.783. The van der Waals surface area contributed by atoms with E-state index in [0.29, 0.717) is 29.6 Å². The van der Waals surface area contributed by atoms with Crippen LogP contribution in [0.15, 0.2) is 18.2 Å². The number of benzene rings is 1. The Morgan fingerprint density at radius 1 is 1.38 bits per heavy atom. The molecule has 0 fully saturated rings. The molecule has 1 heterocycles. The number of rotatable bonds is 6. The summed E-state index contributed by atoms with van der Waals surface area (Å²) in [4.78, 5) is 18.2. The smallest absolute Gasteiger partial charge is 0.273 e. The van der Waals surface area contributed by atoms with E-state index in [0.717, 1.165) is 0 Å². The molecule has 0 saturated heterocycles. The lowest BCUT2D eigenvalue weighted by molar-refractivity contribution is 0.0943. The van der Waals surface area contributed by atoms with E-state index < -0.39 is 5.91 Å². The number of hydrogen-bond acceptors (Lipinski definition) is 5. The number of carbonyl (C=O) groups is 1. The second-order valence-electron chi connectivity index (χ2n) is 6.03. The van der Waals surface area contributed by atoms with Crippen LogP contribution in [-0.2, 0) is 0 Å². The number of nitrogens with zero attached hydrogens (tertiary/aromatic N) is 2. The molecule has 24 heavy (non-hydrogen) atoms. The predicted octanol–water partition coefficient (Wildman–Crippen LogP) is 2.67. The Bertz CT molecular complexity index is 747. The Balaban J connectivity index is 2.33. The Morgan fingerprint density at radius 2 is 2.08 bits per heavy atom. The number of ether oxygens (including phenoxy) is 1. The lowest BCUT2D eigenvalue weighted by Crippen LogP contribution is -2.31. The molecule has 0 unspecified atom stereocenters. The van der Waals surface area contributed by atoms with Crippen LogP contribution in [0.5, 0.6) is 11.5 Å². The van der Waals surface area contributed by atoms with Crippen molar-refractivity contribution >= 4 is 28.3 Å². The van der Waals surface area contributed by atoms with E-state index >= 15 is 0 Å². The number of likely N-dealkylation sites (N-methyl/N-ethyl adjacent to an activating group) is 1. The average molecular weight is 352 g/mol. The number of nitrogens with one attached hydrogen (secondary N) is 1. The number of aromatic hydroxyl groups is 1. The van der Waals surface area contributed by atoms with Gasteiger partial charge in [-0.1, -0.05) is 11.6 Å². The van der Waals surface area contributed by atoms with Crippen LogP contribution in [0.3, 0.4) is 0 Å². The third kappa shape index (κ3) is 4.27. The van der Waals surface area contributed by atoms with Gasteiger partial charge in [-0.05, 0) is 46.1 Å². The summed E-state index contributed by atoms with van der Waals surface area (Å²) < 4.78 is 5.62. The van der Waals surface area contributed by atoms with E-state index in [4.69, 9.17) is 16.3 Å². The minimum Gasteiger partial charge on any atom is -0.505 e. The molecular weight excluding hydrogens is 330 g/mol. The van der Waals surface area contributed by atoms with E-state index in [2.05, 4.69) is 10.3 Å². The number of carbonyl (C=O) groups excluding carboxylic acids is 1. The van der Waals surface area contributed by atoms with Crippen molar-refractivity contribution < 1.29 is 14.6 Å². The fraction of sp³-hybridized carbons (Fsp3) is 0.412. The molecule has 6 nitrogen and oxygen atoms in total. The molecular formula is C17H22ClN3O3.